The van der Waals surface area contributed by atoms with E-state index in [0.29, 0.717) is 13.1 Å². The SMILES string of the molecule is CCCCCCN(CCC(=O)O)C(C(=O)O)C(C)CC. The van der Waals surface area contributed by atoms with E-state index < -0.39 is 18.0 Å². The summed E-state index contributed by atoms with van der Waals surface area (Å²) in [5, 5.41) is 18.2. The molecule has 0 aliphatic rings. The van der Waals surface area contributed by atoms with Crippen molar-refractivity contribution in [2.75, 3.05) is 13.1 Å². The minimum atomic E-state index is -0.878. The molecule has 2 atom stereocenters. The monoisotopic (exact) mass is 287 g/mol. The first-order chi connectivity index (χ1) is 9.43. The van der Waals surface area contributed by atoms with Crippen LogP contribution in [0.5, 0.6) is 0 Å². The summed E-state index contributed by atoms with van der Waals surface area (Å²) in [7, 11) is 0. The molecular weight excluding hydrogens is 258 g/mol. The Morgan fingerprint density at radius 3 is 2.15 bits per heavy atom. The number of nitrogens with zero attached hydrogens (tertiary/aromatic N) is 1. The molecule has 2 unspecified atom stereocenters. The Hall–Kier alpha value is -1.10. The van der Waals surface area contributed by atoms with Crippen molar-refractivity contribution < 1.29 is 19.8 Å². The van der Waals surface area contributed by atoms with Crippen molar-refractivity contribution in [2.45, 2.75) is 65.3 Å². The zero-order chi connectivity index (χ0) is 15.5. The summed E-state index contributed by atoms with van der Waals surface area (Å²) >= 11 is 0. The van der Waals surface area contributed by atoms with Gasteiger partial charge in [-0.2, -0.15) is 0 Å². The molecule has 0 fully saturated rings. The highest BCUT2D eigenvalue weighted by Gasteiger charge is 2.29. The number of carboxylic acids is 2. The zero-order valence-electron chi connectivity index (χ0n) is 13.0. The summed E-state index contributed by atoms with van der Waals surface area (Å²) in [5.74, 6) is -1.70. The Bertz CT molecular complexity index is 294. The number of unbranched alkanes of at least 4 members (excludes halogenated alkanes) is 3. The first-order valence-corrected chi connectivity index (χ1v) is 7.62. The van der Waals surface area contributed by atoms with Gasteiger partial charge in [0.2, 0.25) is 0 Å². The van der Waals surface area contributed by atoms with Crippen LogP contribution >= 0.6 is 0 Å². The van der Waals surface area contributed by atoms with Crippen molar-refractivity contribution in [3.05, 3.63) is 0 Å². The number of carboxylic acid groups (broad SMARTS) is 2. The van der Waals surface area contributed by atoms with Gasteiger partial charge in [0.05, 0.1) is 6.42 Å². The van der Waals surface area contributed by atoms with Crippen LogP contribution < -0.4 is 0 Å². The van der Waals surface area contributed by atoms with E-state index in [4.69, 9.17) is 5.11 Å². The number of aliphatic carboxylic acids is 2. The van der Waals surface area contributed by atoms with Gasteiger partial charge in [0, 0.05) is 6.54 Å². The lowest BCUT2D eigenvalue weighted by Crippen LogP contribution is -2.46. The summed E-state index contributed by atoms with van der Waals surface area (Å²) in [6.45, 7) is 6.98. The Labute approximate surface area is 122 Å². The lowest BCUT2D eigenvalue weighted by molar-refractivity contribution is -0.147. The van der Waals surface area contributed by atoms with Crippen molar-refractivity contribution in [3.8, 4) is 0 Å². The van der Waals surface area contributed by atoms with E-state index in [1.54, 1.807) is 0 Å². The fraction of sp³-hybridized carbons (Fsp3) is 0.867. The number of rotatable bonds is 12. The van der Waals surface area contributed by atoms with Crippen molar-refractivity contribution >= 4 is 11.9 Å². The van der Waals surface area contributed by atoms with Gasteiger partial charge >= 0.3 is 11.9 Å². The molecule has 5 heteroatoms. The first kappa shape index (κ1) is 18.9. The van der Waals surface area contributed by atoms with Gasteiger partial charge in [0.15, 0.2) is 0 Å². The van der Waals surface area contributed by atoms with E-state index in [2.05, 4.69) is 6.92 Å². The molecule has 20 heavy (non-hydrogen) atoms. The van der Waals surface area contributed by atoms with Crippen LogP contribution in [-0.2, 0) is 9.59 Å². The summed E-state index contributed by atoms with van der Waals surface area (Å²) in [4.78, 5) is 24.1. The Morgan fingerprint density at radius 1 is 1.05 bits per heavy atom. The molecule has 0 spiro atoms. The van der Waals surface area contributed by atoms with Crippen molar-refractivity contribution in [3.63, 3.8) is 0 Å². The van der Waals surface area contributed by atoms with Crippen LogP contribution in [0.4, 0.5) is 0 Å². The molecule has 0 saturated carbocycles. The molecule has 0 bridgehead atoms. The van der Waals surface area contributed by atoms with Gasteiger partial charge in [-0.05, 0) is 18.9 Å². The molecule has 118 valence electrons. The van der Waals surface area contributed by atoms with Crippen LogP contribution in [0.3, 0.4) is 0 Å². The van der Waals surface area contributed by atoms with E-state index in [1.807, 2.05) is 18.7 Å². The molecule has 5 nitrogen and oxygen atoms in total. The molecule has 0 radical (unpaired) electrons. The van der Waals surface area contributed by atoms with Gasteiger partial charge in [-0.1, -0.05) is 46.5 Å². The van der Waals surface area contributed by atoms with Crippen molar-refractivity contribution in [1.29, 1.82) is 0 Å². The smallest absolute Gasteiger partial charge is 0.321 e. The molecule has 0 aromatic carbocycles. The third kappa shape index (κ3) is 7.48. The minimum Gasteiger partial charge on any atom is -0.481 e. The van der Waals surface area contributed by atoms with Crippen molar-refractivity contribution in [2.24, 2.45) is 5.92 Å². The lowest BCUT2D eigenvalue weighted by Gasteiger charge is -2.32. The highest BCUT2D eigenvalue weighted by atomic mass is 16.4. The third-order valence-corrected chi connectivity index (χ3v) is 3.74. The maximum Gasteiger partial charge on any atom is 0.321 e. The summed E-state index contributed by atoms with van der Waals surface area (Å²) < 4.78 is 0. The van der Waals surface area contributed by atoms with E-state index in [1.165, 1.54) is 0 Å². The van der Waals surface area contributed by atoms with Gasteiger partial charge < -0.3 is 10.2 Å². The average Bonchev–Trinajstić information content (AvgIpc) is 2.39. The Balaban J connectivity index is 4.66. The molecule has 0 aliphatic heterocycles. The molecule has 0 heterocycles. The summed E-state index contributed by atoms with van der Waals surface area (Å²) in [6.07, 6.45) is 5.01. The molecule has 0 aromatic rings. The van der Waals surface area contributed by atoms with Crippen LogP contribution in [0.1, 0.15) is 59.3 Å². The standard InChI is InChI=1S/C15H29NO4/c1-4-6-7-8-10-16(11-9-13(17)18)14(15(19)20)12(3)5-2/h12,14H,4-11H2,1-3H3,(H,17,18)(H,19,20). The van der Waals surface area contributed by atoms with E-state index >= 15 is 0 Å². The van der Waals surface area contributed by atoms with E-state index in [-0.39, 0.29) is 12.3 Å². The predicted octanol–water partition coefficient (Wildman–Crippen LogP) is 2.84. The van der Waals surface area contributed by atoms with Gasteiger partial charge in [-0.25, -0.2) is 0 Å². The van der Waals surface area contributed by atoms with Crippen LogP contribution in [0.25, 0.3) is 0 Å². The third-order valence-electron chi connectivity index (χ3n) is 3.74. The molecule has 0 aromatic heterocycles. The van der Waals surface area contributed by atoms with Crippen LogP contribution in [0, 0.1) is 5.92 Å². The van der Waals surface area contributed by atoms with Gasteiger partial charge in [-0.15, -0.1) is 0 Å². The second-order valence-electron chi connectivity index (χ2n) is 5.41. The highest BCUT2D eigenvalue weighted by Crippen LogP contribution is 2.17. The van der Waals surface area contributed by atoms with Crippen LogP contribution in [-0.4, -0.2) is 46.2 Å². The lowest BCUT2D eigenvalue weighted by atomic mass is 9.97. The van der Waals surface area contributed by atoms with Gasteiger partial charge in [-0.3, -0.25) is 14.5 Å². The number of hydrogen-bond acceptors (Lipinski definition) is 3. The number of carbonyl (C=O) groups is 2. The minimum absolute atomic E-state index is 0.00596. The largest absolute Gasteiger partial charge is 0.481 e. The molecule has 2 N–H and O–H groups in total. The van der Waals surface area contributed by atoms with E-state index in [9.17, 15) is 14.7 Å². The van der Waals surface area contributed by atoms with Crippen LogP contribution in [0.2, 0.25) is 0 Å². The van der Waals surface area contributed by atoms with E-state index in [0.717, 1.165) is 32.1 Å². The van der Waals surface area contributed by atoms with Crippen molar-refractivity contribution in [1.82, 2.24) is 4.90 Å². The quantitative estimate of drug-likeness (QED) is 0.540. The second-order valence-corrected chi connectivity index (χ2v) is 5.41. The van der Waals surface area contributed by atoms with Gasteiger partial charge in [0.25, 0.3) is 0 Å². The summed E-state index contributed by atoms with van der Waals surface area (Å²) in [6, 6.07) is -0.582. The van der Waals surface area contributed by atoms with Crippen LogP contribution in [0.15, 0.2) is 0 Å². The predicted molar refractivity (Wildman–Crippen MR) is 78.8 cm³/mol. The fourth-order valence-electron chi connectivity index (χ4n) is 2.35. The summed E-state index contributed by atoms with van der Waals surface area (Å²) in [5.41, 5.74) is 0. The normalized spacial score (nSPS) is 14.2. The molecule has 0 saturated heterocycles. The maximum absolute atomic E-state index is 11.5. The Kier molecular flexibility index (Phi) is 10.1. The molecule has 0 rings (SSSR count). The highest BCUT2D eigenvalue weighted by molar-refractivity contribution is 5.74. The van der Waals surface area contributed by atoms with Gasteiger partial charge in [0.1, 0.15) is 6.04 Å². The first-order valence-electron chi connectivity index (χ1n) is 7.62. The number of hydrogen-bond donors (Lipinski definition) is 2. The topological polar surface area (TPSA) is 77.8 Å². The Morgan fingerprint density at radius 2 is 1.70 bits per heavy atom. The fourth-order valence-corrected chi connectivity index (χ4v) is 2.35. The second kappa shape index (κ2) is 10.7. The zero-order valence-corrected chi connectivity index (χ0v) is 13.0. The molecule has 0 amide bonds. The average molecular weight is 287 g/mol. The molecule has 0 aliphatic carbocycles. The maximum atomic E-state index is 11.5. The molecular formula is C15H29NO4.